The summed E-state index contributed by atoms with van der Waals surface area (Å²) in [4.78, 5) is 24.6. The third-order valence-electron chi connectivity index (χ3n) is 5.69. The Hall–Kier alpha value is -2.96. The zero-order valence-corrected chi connectivity index (χ0v) is 18.3. The molecule has 0 unspecified atom stereocenters. The minimum Gasteiger partial charge on any atom is -0.481 e. The first-order valence-electron chi connectivity index (χ1n) is 10.0. The summed E-state index contributed by atoms with van der Waals surface area (Å²) < 4.78 is 6.45. The zero-order chi connectivity index (χ0) is 22.0. The van der Waals surface area contributed by atoms with Crippen LogP contribution in [0.25, 0.3) is 11.1 Å². The van der Waals surface area contributed by atoms with E-state index >= 15 is 0 Å². The normalized spacial score (nSPS) is 14.4. The van der Waals surface area contributed by atoms with Gasteiger partial charge in [0.05, 0.1) is 0 Å². The minimum absolute atomic E-state index is 0.0711. The Morgan fingerprint density at radius 3 is 2.03 bits per heavy atom. The number of benzene rings is 3. The van der Waals surface area contributed by atoms with Gasteiger partial charge in [0.1, 0.15) is 6.61 Å². The number of aliphatic carboxylic acids is 1. The lowest BCUT2D eigenvalue weighted by atomic mass is 9.94. The molecule has 2 atom stereocenters. The number of fused-ring (bicyclic) bond motifs is 3. The molecule has 3 aromatic rings. The van der Waals surface area contributed by atoms with Gasteiger partial charge in [0, 0.05) is 16.4 Å². The second-order valence-electron chi connectivity index (χ2n) is 7.67. The molecule has 0 saturated carbocycles. The molecule has 0 saturated heterocycles. The van der Waals surface area contributed by atoms with Crippen LogP contribution in [0.5, 0.6) is 0 Å². The van der Waals surface area contributed by atoms with Crippen molar-refractivity contribution >= 4 is 27.9 Å². The van der Waals surface area contributed by atoms with Crippen LogP contribution in [0.4, 0.5) is 0 Å². The average Bonchev–Trinajstić information content (AvgIpc) is 3.07. The van der Waals surface area contributed by atoms with E-state index in [1.165, 1.54) is 0 Å². The Morgan fingerprint density at radius 1 is 0.935 bits per heavy atom. The molecule has 0 heterocycles. The first-order chi connectivity index (χ1) is 15.0. The standard InChI is InChI=1S/C25H22BrNO4/c26-16-11-9-15(10-12-16)13-22(27)23(24(28)29)25(30)31-14-21-19-7-3-1-5-17(19)18-6-2-4-8-20(18)21/h1-12,21-23H,13-14,27H2,(H,28,29)/t22-,23-/m0/s1. The molecule has 4 rings (SSSR count). The van der Waals surface area contributed by atoms with E-state index in [0.717, 1.165) is 32.3 Å². The first-order valence-corrected chi connectivity index (χ1v) is 10.8. The van der Waals surface area contributed by atoms with Crippen molar-refractivity contribution in [3.63, 3.8) is 0 Å². The summed E-state index contributed by atoms with van der Waals surface area (Å²) >= 11 is 3.36. The van der Waals surface area contributed by atoms with E-state index in [-0.39, 0.29) is 18.9 Å². The largest absolute Gasteiger partial charge is 0.481 e. The molecule has 0 fully saturated rings. The van der Waals surface area contributed by atoms with E-state index in [4.69, 9.17) is 10.5 Å². The smallest absolute Gasteiger partial charge is 0.321 e. The molecule has 31 heavy (non-hydrogen) atoms. The maximum absolute atomic E-state index is 12.8. The van der Waals surface area contributed by atoms with Crippen molar-refractivity contribution in [3.8, 4) is 11.1 Å². The summed E-state index contributed by atoms with van der Waals surface area (Å²) in [6.45, 7) is 0.0711. The fourth-order valence-electron chi connectivity index (χ4n) is 4.16. The minimum atomic E-state index is -1.43. The molecule has 3 aromatic carbocycles. The molecule has 6 heteroatoms. The SMILES string of the molecule is N[C@@H](Cc1ccc(Br)cc1)[C@@H](C(=O)O)C(=O)OCC1c2ccccc2-c2ccccc21. The summed E-state index contributed by atoms with van der Waals surface area (Å²) in [7, 11) is 0. The van der Waals surface area contributed by atoms with Crippen molar-refractivity contribution < 1.29 is 19.4 Å². The van der Waals surface area contributed by atoms with E-state index in [1.807, 2.05) is 72.8 Å². The van der Waals surface area contributed by atoms with Crippen molar-refractivity contribution in [2.75, 3.05) is 6.61 Å². The second kappa shape index (κ2) is 9.04. The van der Waals surface area contributed by atoms with Crippen molar-refractivity contribution in [1.29, 1.82) is 0 Å². The molecule has 0 spiro atoms. The molecule has 3 N–H and O–H groups in total. The molecule has 0 bridgehead atoms. The molecule has 1 aliphatic carbocycles. The van der Waals surface area contributed by atoms with Crippen LogP contribution in [0.3, 0.4) is 0 Å². The molecule has 1 aliphatic rings. The Labute approximate surface area is 189 Å². The molecule has 0 amide bonds. The highest BCUT2D eigenvalue weighted by molar-refractivity contribution is 9.10. The van der Waals surface area contributed by atoms with Crippen LogP contribution >= 0.6 is 15.9 Å². The number of hydrogen-bond donors (Lipinski definition) is 2. The van der Waals surface area contributed by atoms with Crippen molar-refractivity contribution in [3.05, 3.63) is 94.0 Å². The third kappa shape index (κ3) is 4.40. The summed E-state index contributed by atoms with van der Waals surface area (Å²) in [6.07, 6.45) is 0.258. The summed E-state index contributed by atoms with van der Waals surface area (Å²) in [5.41, 5.74) is 11.4. The Kier molecular flexibility index (Phi) is 6.20. The van der Waals surface area contributed by atoms with Crippen molar-refractivity contribution in [2.24, 2.45) is 11.7 Å². The number of carbonyl (C=O) groups excluding carboxylic acids is 1. The van der Waals surface area contributed by atoms with Gasteiger partial charge in [0.15, 0.2) is 5.92 Å². The monoisotopic (exact) mass is 479 g/mol. The van der Waals surface area contributed by atoms with Gasteiger partial charge in [-0.05, 0) is 46.4 Å². The highest BCUT2D eigenvalue weighted by Crippen LogP contribution is 2.44. The van der Waals surface area contributed by atoms with Crippen LogP contribution in [0.1, 0.15) is 22.6 Å². The predicted octanol–water partition coefficient (Wildman–Crippen LogP) is 4.38. The fraction of sp³-hybridized carbons (Fsp3) is 0.200. The molecule has 0 aromatic heterocycles. The molecule has 5 nitrogen and oxygen atoms in total. The van der Waals surface area contributed by atoms with Gasteiger partial charge in [0.2, 0.25) is 0 Å². The van der Waals surface area contributed by atoms with E-state index < -0.39 is 23.9 Å². The van der Waals surface area contributed by atoms with Gasteiger partial charge in [-0.2, -0.15) is 0 Å². The number of halogens is 1. The van der Waals surface area contributed by atoms with Crippen LogP contribution in [0.2, 0.25) is 0 Å². The van der Waals surface area contributed by atoms with Gasteiger partial charge >= 0.3 is 11.9 Å². The number of ether oxygens (including phenoxy) is 1. The van der Waals surface area contributed by atoms with Crippen LogP contribution in [0.15, 0.2) is 77.3 Å². The highest BCUT2D eigenvalue weighted by atomic mass is 79.9. The fourth-order valence-corrected chi connectivity index (χ4v) is 4.43. The third-order valence-corrected chi connectivity index (χ3v) is 6.22. The van der Waals surface area contributed by atoms with Crippen molar-refractivity contribution in [2.45, 2.75) is 18.4 Å². The van der Waals surface area contributed by atoms with E-state index in [1.54, 1.807) is 0 Å². The Bertz CT molecular complexity index is 1070. The number of esters is 1. The number of carboxylic acid groups (broad SMARTS) is 1. The zero-order valence-electron chi connectivity index (χ0n) is 16.7. The van der Waals surface area contributed by atoms with E-state index in [0.29, 0.717) is 0 Å². The summed E-state index contributed by atoms with van der Waals surface area (Å²) in [5, 5.41) is 9.66. The lowest BCUT2D eigenvalue weighted by Gasteiger charge is -2.21. The van der Waals surface area contributed by atoms with E-state index in [9.17, 15) is 14.7 Å². The maximum atomic E-state index is 12.8. The molecule has 0 radical (unpaired) electrons. The lowest BCUT2D eigenvalue weighted by molar-refractivity contribution is -0.159. The molecular formula is C25H22BrNO4. The van der Waals surface area contributed by atoms with Crippen molar-refractivity contribution in [1.82, 2.24) is 0 Å². The Balaban J connectivity index is 1.49. The van der Waals surface area contributed by atoms with Gasteiger partial charge in [-0.15, -0.1) is 0 Å². The highest BCUT2D eigenvalue weighted by Gasteiger charge is 2.36. The summed E-state index contributed by atoms with van der Waals surface area (Å²) in [5.74, 6) is -3.65. The Morgan fingerprint density at radius 2 is 1.48 bits per heavy atom. The molecule has 158 valence electrons. The number of rotatable bonds is 7. The average molecular weight is 480 g/mol. The van der Waals surface area contributed by atoms with Crippen LogP contribution in [-0.4, -0.2) is 29.7 Å². The van der Waals surface area contributed by atoms with Gasteiger partial charge in [-0.25, -0.2) is 0 Å². The van der Waals surface area contributed by atoms with Crippen LogP contribution in [-0.2, 0) is 20.7 Å². The maximum Gasteiger partial charge on any atom is 0.321 e. The number of nitrogens with two attached hydrogens (primary N) is 1. The van der Waals surface area contributed by atoms with Gasteiger partial charge in [-0.1, -0.05) is 76.6 Å². The van der Waals surface area contributed by atoms with Gasteiger partial charge in [0.25, 0.3) is 0 Å². The van der Waals surface area contributed by atoms with E-state index in [2.05, 4.69) is 15.9 Å². The summed E-state index contributed by atoms with van der Waals surface area (Å²) in [6, 6.07) is 22.5. The van der Waals surface area contributed by atoms with Crippen LogP contribution in [0, 0.1) is 5.92 Å². The van der Waals surface area contributed by atoms with Crippen LogP contribution < -0.4 is 5.73 Å². The predicted molar refractivity (Wildman–Crippen MR) is 122 cm³/mol. The van der Waals surface area contributed by atoms with Gasteiger partial charge < -0.3 is 15.6 Å². The number of carbonyl (C=O) groups is 2. The molecular weight excluding hydrogens is 458 g/mol. The number of carboxylic acids is 1. The molecule has 0 aliphatic heterocycles. The first kappa shape index (κ1) is 21.3. The number of hydrogen-bond acceptors (Lipinski definition) is 4. The lowest BCUT2D eigenvalue weighted by Crippen LogP contribution is -2.43. The topological polar surface area (TPSA) is 89.6 Å². The second-order valence-corrected chi connectivity index (χ2v) is 8.58. The van der Waals surface area contributed by atoms with Gasteiger partial charge in [-0.3, -0.25) is 9.59 Å². The quantitative estimate of drug-likeness (QED) is 0.387.